The smallest absolute Gasteiger partial charge is 0.249 e. The van der Waals surface area contributed by atoms with Gasteiger partial charge in [0.1, 0.15) is 23.9 Å². The molecule has 1 atom stereocenters. The van der Waals surface area contributed by atoms with E-state index in [2.05, 4.69) is 15.6 Å². The van der Waals surface area contributed by atoms with Crippen LogP contribution in [0.5, 0.6) is 5.75 Å². The first-order valence-corrected chi connectivity index (χ1v) is 13.1. The van der Waals surface area contributed by atoms with Crippen LogP contribution in [0.25, 0.3) is 11.0 Å². The van der Waals surface area contributed by atoms with Gasteiger partial charge in [-0.1, -0.05) is 54.5 Å². The van der Waals surface area contributed by atoms with E-state index in [1.165, 1.54) is 16.5 Å². The largest absolute Gasteiger partial charge is 0.497 e. The zero-order valence-corrected chi connectivity index (χ0v) is 22.0. The van der Waals surface area contributed by atoms with Gasteiger partial charge in [0.15, 0.2) is 5.78 Å². The molecule has 0 aliphatic heterocycles. The van der Waals surface area contributed by atoms with Gasteiger partial charge in [-0.05, 0) is 61.7 Å². The molecule has 1 aromatic heterocycles. The van der Waals surface area contributed by atoms with Crippen molar-refractivity contribution in [3.8, 4) is 5.75 Å². The second-order valence-corrected chi connectivity index (χ2v) is 9.78. The van der Waals surface area contributed by atoms with Crippen LogP contribution in [-0.2, 0) is 16.1 Å². The Morgan fingerprint density at radius 2 is 1.79 bits per heavy atom. The van der Waals surface area contributed by atoms with Crippen LogP contribution in [0.2, 0.25) is 0 Å². The number of aromatic nitrogens is 3. The molecule has 0 saturated heterocycles. The molecule has 1 N–H and O–H groups in total. The molecule has 0 radical (unpaired) electrons. The maximum atomic E-state index is 14.2. The summed E-state index contributed by atoms with van der Waals surface area (Å²) < 4.78 is 6.97. The molecule has 1 fully saturated rings. The lowest BCUT2D eigenvalue weighted by Crippen LogP contribution is -2.47. The summed E-state index contributed by atoms with van der Waals surface area (Å²) in [6.07, 6.45) is 3.90. The van der Waals surface area contributed by atoms with Crippen molar-refractivity contribution in [2.75, 3.05) is 12.0 Å². The fourth-order valence-corrected chi connectivity index (χ4v) is 5.13. The van der Waals surface area contributed by atoms with Crippen molar-refractivity contribution in [2.45, 2.75) is 51.2 Å². The van der Waals surface area contributed by atoms with Crippen LogP contribution in [0.4, 0.5) is 5.69 Å². The first kappa shape index (κ1) is 26.1. The van der Waals surface area contributed by atoms with Crippen LogP contribution in [0.1, 0.15) is 54.6 Å². The van der Waals surface area contributed by atoms with Crippen molar-refractivity contribution in [3.05, 3.63) is 83.9 Å². The number of carbonyl (C=O) groups is 3. The molecule has 5 rings (SSSR count). The van der Waals surface area contributed by atoms with Crippen molar-refractivity contribution in [3.63, 3.8) is 0 Å². The van der Waals surface area contributed by atoms with Gasteiger partial charge < -0.3 is 10.1 Å². The molecule has 4 aromatic rings. The Labute approximate surface area is 226 Å². The number of benzene rings is 3. The first-order valence-electron chi connectivity index (χ1n) is 13.1. The van der Waals surface area contributed by atoms with Gasteiger partial charge in [0.25, 0.3) is 0 Å². The zero-order valence-electron chi connectivity index (χ0n) is 22.0. The second kappa shape index (κ2) is 11.5. The zero-order chi connectivity index (χ0) is 27.4. The van der Waals surface area contributed by atoms with E-state index in [1.54, 1.807) is 55.6 Å². The van der Waals surface area contributed by atoms with Crippen LogP contribution in [0.3, 0.4) is 0 Å². The Balaban J connectivity index is 1.61. The monoisotopic (exact) mass is 525 g/mol. The maximum Gasteiger partial charge on any atom is 0.249 e. The highest BCUT2D eigenvalue weighted by atomic mass is 16.5. The summed E-state index contributed by atoms with van der Waals surface area (Å²) in [7, 11) is 1.56. The summed E-state index contributed by atoms with van der Waals surface area (Å²) in [5.41, 5.74) is 2.84. The van der Waals surface area contributed by atoms with E-state index in [-0.39, 0.29) is 30.2 Å². The molecule has 1 heterocycles. The van der Waals surface area contributed by atoms with E-state index in [0.717, 1.165) is 25.7 Å². The van der Waals surface area contributed by atoms with E-state index in [1.807, 2.05) is 24.3 Å². The van der Waals surface area contributed by atoms with Gasteiger partial charge in [-0.25, -0.2) is 4.68 Å². The van der Waals surface area contributed by atoms with Crippen molar-refractivity contribution < 1.29 is 19.1 Å². The number of nitrogens with zero attached hydrogens (tertiary/aromatic N) is 4. The molecular formula is C30H31N5O4. The van der Waals surface area contributed by atoms with Gasteiger partial charge in [0.05, 0.1) is 12.6 Å². The molecule has 200 valence electrons. The number of anilines is 1. The van der Waals surface area contributed by atoms with Gasteiger partial charge >= 0.3 is 0 Å². The Bertz CT molecular complexity index is 1510. The van der Waals surface area contributed by atoms with Gasteiger partial charge in [-0.15, -0.1) is 5.10 Å². The molecule has 1 aliphatic carbocycles. The van der Waals surface area contributed by atoms with E-state index in [4.69, 9.17) is 4.74 Å². The molecule has 0 spiro atoms. The molecule has 1 aliphatic rings. The fraction of sp³-hybridized carbons (Fsp3) is 0.300. The van der Waals surface area contributed by atoms with E-state index in [9.17, 15) is 14.4 Å². The van der Waals surface area contributed by atoms with Crippen LogP contribution >= 0.6 is 0 Å². The molecule has 1 saturated carbocycles. The Hall–Kier alpha value is -4.53. The minimum absolute atomic E-state index is 0.0466. The molecule has 1 unspecified atom stereocenters. The highest BCUT2D eigenvalue weighted by Gasteiger charge is 2.35. The number of methoxy groups -OCH3 is 1. The molecule has 0 bridgehead atoms. The van der Waals surface area contributed by atoms with E-state index >= 15 is 0 Å². The quantitative estimate of drug-likeness (QED) is 0.323. The summed E-state index contributed by atoms with van der Waals surface area (Å²) in [6, 6.07) is 20.4. The number of nitrogens with one attached hydrogen (secondary N) is 1. The maximum absolute atomic E-state index is 14.2. The third-order valence-electron chi connectivity index (χ3n) is 7.12. The summed E-state index contributed by atoms with van der Waals surface area (Å²) in [5.74, 6) is -0.237. The van der Waals surface area contributed by atoms with Crippen molar-refractivity contribution in [1.82, 2.24) is 20.3 Å². The normalized spacial score (nSPS) is 14.2. The van der Waals surface area contributed by atoms with E-state index < -0.39 is 6.04 Å². The van der Waals surface area contributed by atoms with Crippen LogP contribution in [-0.4, -0.2) is 45.7 Å². The topological polar surface area (TPSA) is 106 Å². The lowest BCUT2D eigenvalue weighted by atomic mass is 10.0. The van der Waals surface area contributed by atoms with Crippen molar-refractivity contribution >= 4 is 34.3 Å². The predicted molar refractivity (Wildman–Crippen MR) is 148 cm³/mol. The average molecular weight is 526 g/mol. The lowest BCUT2D eigenvalue weighted by Gasteiger charge is -2.32. The summed E-state index contributed by atoms with van der Waals surface area (Å²) >= 11 is 0. The number of ether oxygens (including phenoxy) is 1. The summed E-state index contributed by atoms with van der Waals surface area (Å²) in [4.78, 5) is 41.9. The number of fused-ring (bicyclic) bond motifs is 1. The highest BCUT2D eigenvalue weighted by Crippen LogP contribution is 2.32. The number of rotatable bonds is 9. The number of hydrogen-bond donors (Lipinski definition) is 1. The summed E-state index contributed by atoms with van der Waals surface area (Å²) in [5, 5.41) is 11.5. The standard InChI is InChI=1S/C30H31N5O4/c1-20(36)21-9-7-13-24(17-21)35(28(37)19-34-27-16-6-5-15-26(27)32-33-34)29(22-10-8-14-25(18-22)39-2)30(38)31-23-11-3-4-12-23/h5-10,13-18,23,29H,3-4,11-12,19H2,1-2H3,(H,31,38). The van der Waals surface area contributed by atoms with Crippen LogP contribution in [0, 0.1) is 0 Å². The van der Waals surface area contributed by atoms with Gasteiger partial charge in [-0.2, -0.15) is 0 Å². The molecule has 9 heteroatoms. The highest BCUT2D eigenvalue weighted by molar-refractivity contribution is 6.03. The average Bonchev–Trinajstić information content (AvgIpc) is 3.61. The van der Waals surface area contributed by atoms with Gasteiger partial charge in [-0.3, -0.25) is 19.3 Å². The van der Waals surface area contributed by atoms with E-state index in [0.29, 0.717) is 33.6 Å². The number of amides is 2. The molecule has 2 amide bonds. The van der Waals surface area contributed by atoms with Gasteiger partial charge in [0, 0.05) is 17.3 Å². The molecule has 39 heavy (non-hydrogen) atoms. The minimum atomic E-state index is -1.01. The molecule has 9 nitrogen and oxygen atoms in total. The number of hydrogen-bond acceptors (Lipinski definition) is 6. The number of carbonyl (C=O) groups excluding carboxylic acids is 3. The Morgan fingerprint density at radius 3 is 2.56 bits per heavy atom. The second-order valence-electron chi connectivity index (χ2n) is 9.78. The SMILES string of the molecule is COc1cccc(C(C(=O)NC2CCCC2)N(C(=O)Cn2nnc3ccccc32)c2cccc(C(C)=O)c2)c1. The van der Waals surface area contributed by atoms with Crippen LogP contribution < -0.4 is 15.0 Å². The number of ketones is 1. The summed E-state index contributed by atoms with van der Waals surface area (Å²) in [6.45, 7) is 1.32. The predicted octanol–water partition coefficient (Wildman–Crippen LogP) is 4.48. The van der Waals surface area contributed by atoms with Gasteiger partial charge in [0.2, 0.25) is 11.8 Å². The number of para-hydroxylation sites is 1. The fourth-order valence-electron chi connectivity index (χ4n) is 5.13. The Kier molecular flexibility index (Phi) is 7.67. The molecular weight excluding hydrogens is 494 g/mol. The lowest BCUT2D eigenvalue weighted by molar-refractivity contribution is -0.127. The first-order chi connectivity index (χ1) is 18.9. The molecule has 3 aromatic carbocycles. The minimum Gasteiger partial charge on any atom is -0.497 e. The number of Topliss-reactive ketones (excluding diaryl/α,β-unsaturated/α-hetero) is 1. The Morgan fingerprint density at radius 1 is 1.03 bits per heavy atom. The van der Waals surface area contributed by atoms with Crippen LogP contribution in [0.15, 0.2) is 72.8 Å². The van der Waals surface area contributed by atoms with Crippen molar-refractivity contribution in [1.29, 1.82) is 0 Å². The van der Waals surface area contributed by atoms with Crippen molar-refractivity contribution in [2.24, 2.45) is 0 Å². The third kappa shape index (κ3) is 5.67. The third-order valence-corrected chi connectivity index (χ3v) is 7.12.